The molecule has 0 aromatic carbocycles. The predicted molar refractivity (Wildman–Crippen MR) is 99.0 cm³/mol. The average Bonchev–Trinajstić information content (AvgIpc) is 3.20. The van der Waals surface area contributed by atoms with Crippen LogP contribution in [0.1, 0.15) is 33.9 Å². The van der Waals surface area contributed by atoms with Crippen molar-refractivity contribution in [2.75, 3.05) is 0 Å². The number of nitrogens with two attached hydrogens (primary N) is 1. The zero-order chi connectivity index (χ0) is 20.1. The van der Waals surface area contributed by atoms with Crippen molar-refractivity contribution in [1.82, 2.24) is 19.9 Å². The highest BCUT2D eigenvalue weighted by Crippen LogP contribution is 2.34. The number of hydrogen-bond donors (Lipinski definition) is 2. The Hall–Kier alpha value is -2.46. The molecule has 0 radical (unpaired) electrons. The van der Waals surface area contributed by atoms with Crippen LogP contribution in [-0.2, 0) is 0 Å². The number of halogens is 3. The first-order valence-corrected chi connectivity index (χ1v) is 9.63. The van der Waals surface area contributed by atoms with E-state index >= 15 is 0 Å². The molecular formula is C18H18F3N5OS. The van der Waals surface area contributed by atoms with E-state index in [9.17, 15) is 18.0 Å². The SMILES string of the molecule is Cc1sc(C(=O)NC2C(N)CCCC2(F)F)nc1-c1cnn2cc(F)ccc12. The van der Waals surface area contributed by atoms with Crippen LogP contribution in [0.25, 0.3) is 16.8 Å². The van der Waals surface area contributed by atoms with Crippen LogP contribution in [0.2, 0.25) is 0 Å². The van der Waals surface area contributed by atoms with Crippen LogP contribution in [0, 0.1) is 12.7 Å². The van der Waals surface area contributed by atoms with Crippen molar-refractivity contribution in [3.05, 3.63) is 40.2 Å². The van der Waals surface area contributed by atoms with Crippen molar-refractivity contribution >= 4 is 22.8 Å². The third-order valence-corrected chi connectivity index (χ3v) is 5.91. The molecule has 1 fully saturated rings. The van der Waals surface area contributed by atoms with Gasteiger partial charge in [-0.3, -0.25) is 4.79 Å². The zero-order valence-corrected chi connectivity index (χ0v) is 15.8. The minimum Gasteiger partial charge on any atom is -0.340 e. The van der Waals surface area contributed by atoms with Crippen molar-refractivity contribution in [3.8, 4) is 11.3 Å². The van der Waals surface area contributed by atoms with Crippen LogP contribution in [0.3, 0.4) is 0 Å². The number of nitrogens with one attached hydrogen (secondary N) is 1. The first-order valence-electron chi connectivity index (χ1n) is 8.81. The second kappa shape index (κ2) is 6.85. The van der Waals surface area contributed by atoms with Gasteiger partial charge in [-0.25, -0.2) is 22.7 Å². The largest absolute Gasteiger partial charge is 0.340 e. The lowest BCUT2D eigenvalue weighted by Gasteiger charge is -2.36. The molecule has 10 heteroatoms. The first kappa shape index (κ1) is 18.9. The Morgan fingerprint density at radius 2 is 2.21 bits per heavy atom. The number of aryl methyl sites for hydroxylation is 1. The fourth-order valence-corrected chi connectivity index (χ4v) is 4.34. The van der Waals surface area contributed by atoms with Gasteiger partial charge in [-0.1, -0.05) is 0 Å². The molecule has 2 unspecified atom stereocenters. The standard InChI is InChI=1S/C18H18F3N5OS/c1-9-14(11-7-23-26-8-10(19)4-5-13(11)26)24-17(28-9)16(27)25-15-12(22)3-2-6-18(15,20)21/h4-5,7-8,12,15H,2-3,6,22H2,1H3,(H,25,27). The van der Waals surface area contributed by atoms with Gasteiger partial charge in [0, 0.05) is 22.9 Å². The maximum atomic E-state index is 14.2. The average molecular weight is 409 g/mol. The van der Waals surface area contributed by atoms with E-state index in [4.69, 9.17) is 5.73 Å². The van der Waals surface area contributed by atoms with E-state index in [-0.39, 0.29) is 11.4 Å². The highest BCUT2D eigenvalue weighted by Gasteiger charge is 2.46. The number of pyridine rings is 1. The van der Waals surface area contributed by atoms with Gasteiger partial charge >= 0.3 is 0 Å². The van der Waals surface area contributed by atoms with E-state index in [1.165, 1.54) is 23.0 Å². The number of fused-ring (bicyclic) bond motifs is 1. The third kappa shape index (κ3) is 3.26. The number of nitrogens with zero attached hydrogens (tertiary/aromatic N) is 3. The van der Waals surface area contributed by atoms with E-state index in [1.807, 2.05) is 0 Å². The van der Waals surface area contributed by atoms with E-state index < -0.39 is 29.7 Å². The number of aromatic nitrogens is 3. The maximum Gasteiger partial charge on any atom is 0.280 e. The molecule has 3 aromatic heterocycles. The summed E-state index contributed by atoms with van der Waals surface area (Å²) in [5.41, 5.74) is 7.58. The van der Waals surface area contributed by atoms with Crippen LogP contribution in [0.4, 0.5) is 13.2 Å². The molecule has 3 N–H and O–H groups in total. The van der Waals surface area contributed by atoms with Gasteiger partial charge in [-0.05, 0) is 31.9 Å². The van der Waals surface area contributed by atoms with Gasteiger partial charge in [-0.2, -0.15) is 5.10 Å². The van der Waals surface area contributed by atoms with Gasteiger partial charge in [0.15, 0.2) is 5.01 Å². The van der Waals surface area contributed by atoms with Crippen molar-refractivity contribution in [2.24, 2.45) is 5.73 Å². The van der Waals surface area contributed by atoms with E-state index in [0.29, 0.717) is 29.6 Å². The van der Waals surface area contributed by atoms with Crippen LogP contribution in [0.5, 0.6) is 0 Å². The lowest BCUT2D eigenvalue weighted by molar-refractivity contribution is -0.0674. The smallest absolute Gasteiger partial charge is 0.280 e. The fourth-order valence-electron chi connectivity index (χ4n) is 3.51. The van der Waals surface area contributed by atoms with Crippen LogP contribution >= 0.6 is 11.3 Å². The molecule has 148 valence electrons. The Morgan fingerprint density at radius 1 is 1.43 bits per heavy atom. The topological polar surface area (TPSA) is 85.3 Å². The lowest BCUT2D eigenvalue weighted by atomic mass is 9.87. The second-order valence-corrected chi connectivity index (χ2v) is 8.13. The quantitative estimate of drug-likeness (QED) is 0.696. The summed E-state index contributed by atoms with van der Waals surface area (Å²) in [7, 11) is 0. The molecule has 0 bridgehead atoms. The maximum absolute atomic E-state index is 14.2. The number of carbonyl (C=O) groups is 1. The summed E-state index contributed by atoms with van der Waals surface area (Å²) < 4.78 is 43.0. The molecule has 3 heterocycles. The summed E-state index contributed by atoms with van der Waals surface area (Å²) in [4.78, 5) is 17.6. The number of carbonyl (C=O) groups excluding carboxylic acids is 1. The van der Waals surface area contributed by atoms with Crippen LogP contribution < -0.4 is 11.1 Å². The Morgan fingerprint density at radius 3 is 2.96 bits per heavy atom. The number of amides is 1. The molecule has 3 aromatic rings. The normalized spacial score (nSPS) is 21.8. The lowest BCUT2D eigenvalue weighted by Crippen LogP contribution is -2.59. The molecule has 0 spiro atoms. The Balaban J connectivity index is 1.63. The molecule has 0 saturated heterocycles. The Bertz CT molecular complexity index is 1050. The van der Waals surface area contributed by atoms with Crippen molar-refractivity contribution in [2.45, 2.75) is 44.2 Å². The summed E-state index contributed by atoms with van der Waals surface area (Å²) in [6.45, 7) is 1.78. The highest BCUT2D eigenvalue weighted by molar-refractivity contribution is 7.14. The first-order chi connectivity index (χ1) is 13.3. The number of rotatable bonds is 3. The molecule has 4 rings (SSSR count). The monoisotopic (exact) mass is 409 g/mol. The Labute approximate surface area is 162 Å². The molecule has 1 amide bonds. The predicted octanol–water partition coefficient (Wildman–Crippen LogP) is 3.15. The van der Waals surface area contributed by atoms with Gasteiger partial charge in [0.05, 0.1) is 23.6 Å². The van der Waals surface area contributed by atoms with Crippen LogP contribution in [-0.4, -0.2) is 38.5 Å². The molecule has 28 heavy (non-hydrogen) atoms. The van der Waals surface area contributed by atoms with E-state index in [2.05, 4.69) is 15.4 Å². The third-order valence-electron chi connectivity index (χ3n) is 4.94. The van der Waals surface area contributed by atoms with Crippen molar-refractivity contribution in [1.29, 1.82) is 0 Å². The minimum atomic E-state index is -3.05. The molecule has 6 nitrogen and oxygen atoms in total. The summed E-state index contributed by atoms with van der Waals surface area (Å²) in [5.74, 6) is -4.15. The number of thiazole rings is 1. The van der Waals surface area contributed by atoms with E-state index in [1.54, 1.807) is 13.0 Å². The van der Waals surface area contributed by atoms with Gasteiger partial charge < -0.3 is 11.1 Å². The van der Waals surface area contributed by atoms with Gasteiger partial charge in [0.1, 0.15) is 11.9 Å². The molecular weight excluding hydrogens is 391 g/mol. The van der Waals surface area contributed by atoms with Crippen molar-refractivity contribution < 1.29 is 18.0 Å². The van der Waals surface area contributed by atoms with Crippen LogP contribution in [0.15, 0.2) is 24.5 Å². The Kier molecular flexibility index (Phi) is 4.62. The molecule has 1 saturated carbocycles. The molecule has 1 aliphatic carbocycles. The minimum absolute atomic E-state index is 0.0718. The van der Waals surface area contributed by atoms with Gasteiger partial charge in [-0.15, -0.1) is 11.3 Å². The number of alkyl halides is 2. The van der Waals surface area contributed by atoms with E-state index in [0.717, 1.165) is 16.2 Å². The zero-order valence-electron chi connectivity index (χ0n) is 15.0. The molecule has 1 aliphatic rings. The summed E-state index contributed by atoms with van der Waals surface area (Å²) in [6, 6.07) is 0.657. The second-order valence-electron chi connectivity index (χ2n) is 6.93. The van der Waals surface area contributed by atoms with Gasteiger partial charge in [0.25, 0.3) is 11.8 Å². The summed E-state index contributed by atoms with van der Waals surface area (Å²) in [6.07, 6.45) is 3.23. The summed E-state index contributed by atoms with van der Waals surface area (Å²) >= 11 is 1.10. The van der Waals surface area contributed by atoms with Gasteiger partial charge in [0.2, 0.25) is 0 Å². The fraction of sp³-hybridized carbons (Fsp3) is 0.389. The summed E-state index contributed by atoms with van der Waals surface area (Å²) in [5, 5.41) is 6.54. The highest BCUT2D eigenvalue weighted by atomic mass is 32.1. The molecule has 0 aliphatic heterocycles. The van der Waals surface area contributed by atoms with Crippen molar-refractivity contribution in [3.63, 3.8) is 0 Å². The number of hydrogen-bond acceptors (Lipinski definition) is 5. The molecule has 2 atom stereocenters.